The Hall–Kier alpha value is -1.64. The minimum Gasteiger partial charge on any atom is -0.384 e. The molecular weight excluding hydrogens is 262 g/mol. The molecule has 102 valence electrons. The molecule has 1 aromatic rings. The van der Waals surface area contributed by atoms with Gasteiger partial charge in [0.05, 0.1) is 0 Å². The number of rotatable bonds is 4. The summed E-state index contributed by atoms with van der Waals surface area (Å²) in [6.07, 6.45) is 1.60. The fourth-order valence-electron chi connectivity index (χ4n) is 1.49. The summed E-state index contributed by atoms with van der Waals surface area (Å²) >= 11 is 0. The summed E-state index contributed by atoms with van der Waals surface area (Å²) in [6, 6.07) is 5.19. The van der Waals surface area contributed by atoms with E-state index in [0.717, 1.165) is 11.1 Å². The second-order valence-corrected chi connectivity index (χ2v) is 5.58. The Bertz CT molecular complexity index is 543. The SMILES string of the molecule is Cc1cc(C(=O)NCCS(C)=O)ccc1C#CCO. The van der Waals surface area contributed by atoms with E-state index in [1.165, 1.54) is 0 Å². The molecule has 1 unspecified atom stereocenters. The number of hydrogen-bond acceptors (Lipinski definition) is 3. The molecule has 0 saturated heterocycles. The number of carbonyl (C=O) groups is 1. The minimum atomic E-state index is -0.907. The molecule has 0 aliphatic heterocycles. The molecule has 0 aliphatic carbocycles. The number of aliphatic hydroxyl groups is 1. The van der Waals surface area contributed by atoms with Crippen molar-refractivity contribution in [1.82, 2.24) is 5.32 Å². The highest BCUT2D eigenvalue weighted by atomic mass is 32.2. The van der Waals surface area contributed by atoms with Crippen molar-refractivity contribution in [2.45, 2.75) is 6.92 Å². The number of aryl methyl sites for hydroxylation is 1. The average molecular weight is 279 g/mol. The molecule has 0 radical (unpaired) electrons. The number of hydrogen-bond donors (Lipinski definition) is 2. The van der Waals surface area contributed by atoms with Crippen LogP contribution in [0, 0.1) is 18.8 Å². The Balaban J connectivity index is 2.72. The highest BCUT2D eigenvalue weighted by Crippen LogP contribution is 2.10. The lowest BCUT2D eigenvalue weighted by Crippen LogP contribution is -2.27. The van der Waals surface area contributed by atoms with E-state index in [4.69, 9.17) is 5.11 Å². The van der Waals surface area contributed by atoms with Gasteiger partial charge in [-0.3, -0.25) is 9.00 Å². The van der Waals surface area contributed by atoms with Gasteiger partial charge in [-0.1, -0.05) is 11.8 Å². The Morgan fingerprint density at radius 3 is 2.79 bits per heavy atom. The van der Waals surface area contributed by atoms with Crippen LogP contribution in [0.5, 0.6) is 0 Å². The summed E-state index contributed by atoms with van der Waals surface area (Å²) in [5.74, 6) is 5.65. The molecule has 0 fully saturated rings. The van der Waals surface area contributed by atoms with Crippen LogP contribution in [0.25, 0.3) is 0 Å². The van der Waals surface area contributed by atoms with Crippen molar-refractivity contribution in [3.8, 4) is 11.8 Å². The van der Waals surface area contributed by atoms with E-state index in [0.29, 0.717) is 17.9 Å². The van der Waals surface area contributed by atoms with Crippen LogP contribution in [0.2, 0.25) is 0 Å². The van der Waals surface area contributed by atoms with Crippen LogP contribution in [0.15, 0.2) is 18.2 Å². The molecule has 0 aliphatic rings. The van der Waals surface area contributed by atoms with E-state index in [1.807, 2.05) is 6.92 Å². The fourth-order valence-corrected chi connectivity index (χ4v) is 1.88. The van der Waals surface area contributed by atoms with Gasteiger partial charge in [0.1, 0.15) is 6.61 Å². The van der Waals surface area contributed by atoms with Crippen molar-refractivity contribution in [3.05, 3.63) is 34.9 Å². The molecule has 0 bridgehead atoms. The quantitative estimate of drug-likeness (QED) is 0.786. The first kappa shape index (κ1) is 15.4. The topological polar surface area (TPSA) is 66.4 Å². The molecule has 1 amide bonds. The van der Waals surface area contributed by atoms with Gasteiger partial charge in [0.25, 0.3) is 5.91 Å². The van der Waals surface area contributed by atoms with E-state index < -0.39 is 10.8 Å². The van der Waals surface area contributed by atoms with E-state index >= 15 is 0 Å². The van der Waals surface area contributed by atoms with Gasteiger partial charge in [-0.15, -0.1) is 0 Å². The third-order valence-corrected chi connectivity index (χ3v) is 3.24. The van der Waals surface area contributed by atoms with Crippen LogP contribution in [-0.4, -0.2) is 40.4 Å². The fraction of sp³-hybridized carbons (Fsp3) is 0.357. The Morgan fingerprint density at radius 1 is 1.47 bits per heavy atom. The third-order valence-electron chi connectivity index (χ3n) is 2.47. The second-order valence-electron chi connectivity index (χ2n) is 4.02. The molecule has 0 heterocycles. The molecule has 4 nitrogen and oxygen atoms in total. The highest BCUT2D eigenvalue weighted by molar-refractivity contribution is 7.84. The van der Waals surface area contributed by atoms with Gasteiger partial charge in [-0.05, 0) is 30.7 Å². The second kappa shape index (κ2) is 7.72. The van der Waals surface area contributed by atoms with Gasteiger partial charge in [-0.25, -0.2) is 0 Å². The molecular formula is C14H17NO3S. The van der Waals surface area contributed by atoms with Crippen molar-refractivity contribution in [2.24, 2.45) is 0 Å². The molecule has 1 atom stereocenters. The predicted octanol–water partition coefficient (Wildman–Crippen LogP) is 0.447. The van der Waals surface area contributed by atoms with Crippen molar-refractivity contribution in [1.29, 1.82) is 0 Å². The molecule has 0 spiro atoms. The molecule has 0 aromatic heterocycles. The maximum absolute atomic E-state index is 11.8. The molecule has 2 N–H and O–H groups in total. The van der Waals surface area contributed by atoms with Crippen molar-refractivity contribution in [3.63, 3.8) is 0 Å². The largest absolute Gasteiger partial charge is 0.384 e. The zero-order valence-electron chi connectivity index (χ0n) is 11.0. The maximum Gasteiger partial charge on any atom is 0.251 e. The summed E-state index contributed by atoms with van der Waals surface area (Å²) in [6.45, 7) is 2.07. The van der Waals surface area contributed by atoms with Crippen LogP contribution in [0.3, 0.4) is 0 Å². The summed E-state index contributed by atoms with van der Waals surface area (Å²) < 4.78 is 10.9. The summed E-state index contributed by atoms with van der Waals surface area (Å²) in [5, 5.41) is 11.4. The Morgan fingerprint density at radius 2 is 2.21 bits per heavy atom. The lowest BCUT2D eigenvalue weighted by atomic mass is 10.0. The first-order valence-electron chi connectivity index (χ1n) is 5.83. The van der Waals surface area contributed by atoms with Gasteiger partial charge >= 0.3 is 0 Å². The molecule has 0 saturated carbocycles. The van der Waals surface area contributed by atoms with Crippen molar-refractivity contribution in [2.75, 3.05) is 25.2 Å². The first-order valence-corrected chi connectivity index (χ1v) is 7.56. The predicted molar refractivity (Wildman–Crippen MR) is 76.4 cm³/mol. The third kappa shape index (κ3) is 5.25. The Labute approximate surface area is 115 Å². The van der Waals surface area contributed by atoms with Crippen molar-refractivity contribution >= 4 is 16.7 Å². The summed E-state index contributed by atoms with van der Waals surface area (Å²) in [4.78, 5) is 11.8. The van der Waals surface area contributed by atoms with Crippen LogP contribution in [-0.2, 0) is 10.8 Å². The number of aliphatic hydroxyl groups excluding tert-OH is 1. The highest BCUT2D eigenvalue weighted by Gasteiger charge is 2.06. The number of amides is 1. The van der Waals surface area contributed by atoms with Crippen LogP contribution >= 0.6 is 0 Å². The van der Waals surface area contributed by atoms with E-state index in [1.54, 1.807) is 24.5 Å². The number of nitrogens with one attached hydrogen (secondary N) is 1. The standard InChI is InChI=1S/C14H17NO3S/c1-11-10-13(6-5-12(11)4-3-8-16)14(17)15-7-9-19(2)18/h5-6,10,16H,7-9H2,1-2H3,(H,15,17). The molecule has 1 aromatic carbocycles. The molecule has 19 heavy (non-hydrogen) atoms. The monoisotopic (exact) mass is 279 g/mol. The summed E-state index contributed by atoms with van der Waals surface area (Å²) in [7, 11) is -0.907. The van der Waals surface area contributed by atoms with Gasteiger partial charge in [0, 0.05) is 40.5 Å². The maximum atomic E-state index is 11.8. The van der Waals surface area contributed by atoms with E-state index in [9.17, 15) is 9.00 Å². The lowest BCUT2D eigenvalue weighted by molar-refractivity contribution is 0.0956. The minimum absolute atomic E-state index is 0.185. The molecule has 5 heteroatoms. The van der Waals surface area contributed by atoms with E-state index in [2.05, 4.69) is 17.2 Å². The van der Waals surface area contributed by atoms with Crippen molar-refractivity contribution < 1.29 is 14.1 Å². The zero-order chi connectivity index (χ0) is 14.3. The number of carbonyl (C=O) groups excluding carboxylic acids is 1. The van der Waals surface area contributed by atoms with Crippen LogP contribution in [0.4, 0.5) is 0 Å². The van der Waals surface area contributed by atoms with Gasteiger partial charge in [0.2, 0.25) is 0 Å². The number of benzene rings is 1. The first-order chi connectivity index (χ1) is 9.04. The van der Waals surface area contributed by atoms with Crippen LogP contribution < -0.4 is 5.32 Å². The zero-order valence-corrected chi connectivity index (χ0v) is 11.8. The van der Waals surface area contributed by atoms with Gasteiger partial charge in [-0.2, -0.15) is 0 Å². The van der Waals surface area contributed by atoms with Gasteiger partial charge < -0.3 is 10.4 Å². The Kier molecular flexibility index (Phi) is 6.26. The van der Waals surface area contributed by atoms with E-state index in [-0.39, 0.29) is 12.5 Å². The molecule has 1 rings (SSSR count). The van der Waals surface area contributed by atoms with Gasteiger partial charge in [0.15, 0.2) is 0 Å². The summed E-state index contributed by atoms with van der Waals surface area (Å²) in [5.41, 5.74) is 2.22. The van der Waals surface area contributed by atoms with Crippen LogP contribution in [0.1, 0.15) is 21.5 Å². The average Bonchev–Trinajstić information content (AvgIpc) is 2.36. The smallest absolute Gasteiger partial charge is 0.251 e. The lowest BCUT2D eigenvalue weighted by Gasteiger charge is -2.06. The normalized spacial score (nSPS) is 11.3.